The molecule has 0 aromatic heterocycles. The van der Waals surface area contributed by atoms with Gasteiger partial charge in [0.25, 0.3) is 0 Å². The van der Waals surface area contributed by atoms with E-state index in [0.29, 0.717) is 5.92 Å². The third-order valence-corrected chi connectivity index (χ3v) is 3.41. The van der Waals surface area contributed by atoms with Gasteiger partial charge in [0.2, 0.25) is 0 Å². The molecule has 18 heavy (non-hydrogen) atoms. The molecular weight excluding hydrogens is 222 g/mol. The highest BCUT2D eigenvalue weighted by molar-refractivity contribution is 5.25. The van der Waals surface area contributed by atoms with E-state index in [1.807, 2.05) is 0 Å². The van der Waals surface area contributed by atoms with Crippen LogP contribution in [0.25, 0.3) is 0 Å². The van der Waals surface area contributed by atoms with E-state index in [1.165, 1.54) is 11.1 Å². The van der Waals surface area contributed by atoms with Gasteiger partial charge in [0.1, 0.15) is 0 Å². The van der Waals surface area contributed by atoms with Gasteiger partial charge in [0.15, 0.2) is 0 Å². The van der Waals surface area contributed by atoms with Gasteiger partial charge in [0.05, 0.1) is 12.7 Å². The summed E-state index contributed by atoms with van der Waals surface area (Å²) >= 11 is 0. The summed E-state index contributed by atoms with van der Waals surface area (Å²) in [6.07, 6.45) is 1.35. The molecule has 100 valence electrons. The zero-order valence-electron chi connectivity index (χ0n) is 12.0. The van der Waals surface area contributed by atoms with Crippen molar-refractivity contribution >= 4 is 0 Å². The number of morpholine rings is 1. The normalized spacial score (nSPS) is 23.3. The molecule has 1 fully saturated rings. The molecule has 1 aromatic carbocycles. The lowest BCUT2D eigenvalue weighted by Gasteiger charge is -2.36. The maximum absolute atomic E-state index is 5.94. The van der Waals surface area contributed by atoms with E-state index < -0.39 is 0 Å². The topological polar surface area (TPSA) is 21.3 Å². The molecule has 1 heterocycles. The van der Waals surface area contributed by atoms with Crippen LogP contribution in [0, 0.1) is 5.92 Å². The molecule has 1 unspecified atom stereocenters. The van der Waals surface area contributed by atoms with Crippen molar-refractivity contribution < 1.29 is 4.74 Å². The van der Waals surface area contributed by atoms with Crippen molar-refractivity contribution in [1.82, 2.24) is 5.32 Å². The van der Waals surface area contributed by atoms with Crippen LogP contribution >= 0.6 is 0 Å². The molecule has 1 saturated heterocycles. The summed E-state index contributed by atoms with van der Waals surface area (Å²) in [4.78, 5) is 0. The fraction of sp³-hybridized carbons (Fsp3) is 0.625. The summed E-state index contributed by atoms with van der Waals surface area (Å²) in [6.45, 7) is 10.5. The maximum Gasteiger partial charge on any atom is 0.0950 e. The van der Waals surface area contributed by atoms with Gasteiger partial charge in [-0.1, -0.05) is 38.1 Å². The SMILES string of the molecule is CC(C)Cc1ccc(C2CNC(C)(C)CO2)cc1. The van der Waals surface area contributed by atoms with Crippen LogP contribution in [0.4, 0.5) is 0 Å². The molecule has 1 aliphatic rings. The Bertz CT molecular complexity index is 371. The number of rotatable bonds is 3. The van der Waals surface area contributed by atoms with E-state index in [0.717, 1.165) is 19.6 Å². The van der Waals surface area contributed by atoms with Crippen LogP contribution < -0.4 is 5.32 Å². The standard InChI is InChI=1S/C16H25NO/c1-12(2)9-13-5-7-14(8-6-13)15-10-17-16(3,4)11-18-15/h5-8,12,15,17H,9-11H2,1-4H3. The molecule has 0 radical (unpaired) electrons. The number of benzene rings is 1. The van der Waals surface area contributed by atoms with Crippen molar-refractivity contribution in [2.24, 2.45) is 5.92 Å². The average Bonchev–Trinajstić information content (AvgIpc) is 2.30. The van der Waals surface area contributed by atoms with E-state index in [-0.39, 0.29) is 11.6 Å². The third kappa shape index (κ3) is 3.56. The summed E-state index contributed by atoms with van der Waals surface area (Å²) in [5.41, 5.74) is 2.80. The van der Waals surface area contributed by atoms with E-state index in [2.05, 4.69) is 57.3 Å². The predicted molar refractivity (Wildman–Crippen MR) is 75.8 cm³/mol. The summed E-state index contributed by atoms with van der Waals surface area (Å²) in [7, 11) is 0. The quantitative estimate of drug-likeness (QED) is 0.884. The number of hydrogen-bond acceptors (Lipinski definition) is 2. The van der Waals surface area contributed by atoms with Crippen LogP contribution in [0.5, 0.6) is 0 Å². The maximum atomic E-state index is 5.94. The smallest absolute Gasteiger partial charge is 0.0950 e. The zero-order valence-corrected chi connectivity index (χ0v) is 12.0. The molecule has 0 aliphatic carbocycles. The van der Waals surface area contributed by atoms with Gasteiger partial charge in [-0.05, 0) is 37.3 Å². The minimum Gasteiger partial charge on any atom is -0.370 e. The Balaban J connectivity index is 1.98. The highest BCUT2D eigenvalue weighted by atomic mass is 16.5. The minimum atomic E-state index is 0.105. The molecule has 0 spiro atoms. The molecule has 1 atom stereocenters. The highest BCUT2D eigenvalue weighted by Crippen LogP contribution is 2.24. The molecule has 1 aliphatic heterocycles. The van der Waals surface area contributed by atoms with Crippen LogP contribution in [-0.4, -0.2) is 18.7 Å². The predicted octanol–water partition coefficient (Wildman–Crippen LogP) is 3.32. The van der Waals surface area contributed by atoms with E-state index in [9.17, 15) is 0 Å². The van der Waals surface area contributed by atoms with Gasteiger partial charge < -0.3 is 10.1 Å². The molecule has 1 N–H and O–H groups in total. The Hall–Kier alpha value is -0.860. The summed E-state index contributed by atoms with van der Waals surface area (Å²) < 4.78 is 5.94. The Labute approximate surface area is 111 Å². The van der Waals surface area contributed by atoms with Gasteiger partial charge in [-0.2, -0.15) is 0 Å². The largest absolute Gasteiger partial charge is 0.370 e. The molecular formula is C16H25NO. The van der Waals surface area contributed by atoms with Crippen molar-refractivity contribution in [3.8, 4) is 0 Å². The summed E-state index contributed by atoms with van der Waals surface area (Å²) in [6, 6.07) is 8.89. The van der Waals surface area contributed by atoms with Crippen LogP contribution in [0.15, 0.2) is 24.3 Å². The van der Waals surface area contributed by atoms with E-state index in [4.69, 9.17) is 4.74 Å². The van der Waals surface area contributed by atoms with Crippen molar-refractivity contribution in [3.63, 3.8) is 0 Å². The zero-order chi connectivity index (χ0) is 13.2. The third-order valence-electron chi connectivity index (χ3n) is 3.41. The second-order valence-corrected chi connectivity index (χ2v) is 6.40. The van der Waals surface area contributed by atoms with Crippen molar-refractivity contribution in [3.05, 3.63) is 35.4 Å². The van der Waals surface area contributed by atoms with E-state index in [1.54, 1.807) is 0 Å². The molecule has 0 amide bonds. The van der Waals surface area contributed by atoms with E-state index >= 15 is 0 Å². The molecule has 0 bridgehead atoms. The Morgan fingerprint density at radius 2 is 1.94 bits per heavy atom. The first-order valence-electron chi connectivity index (χ1n) is 6.92. The van der Waals surface area contributed by atoms with Crippen molar-refractivity contribution in [2.75, 3.05) is 13.2 Å². The Morgan fingerprint density at radius 1 is 1.28 bits per heavy atom. The minimum absolute atomic E-state index is 0.105. The molecule has 2 heteroatoms. The number of ether oxygens (including phenoxy) is 1. The summed E-state index contributed by atoms with van der Waals surface area (Å²) in [5.74, 6) is 0.712. The van der Waals surface area contributed by atoms with Crippen molar-refractivity contribution in [2.45, 2.75) is 45.8 Å². The monoisotopic (exact) mass is 247 g/mol. The lowest BCUT2D eigenvalue weighted by molar-refractivity contribution is -0.0228. The van der Waals surface area contributed by atoms with Gasteiger partial charge in [0, 0.05) is 12.1 Å². The van der Waals surface area contributed by atoms with Gasteiger partial charge in [-0.25, -0.2) is 0 Å². The molecule has 2 rings (SSSR count). The number of hydrogen-bond donors (Lipinski definition) is 1. The summed E-state index contributed by atoms with van der Waals surface area (Å²) in [5, 5.41) is 3.53. The van der Waals surface area contributed by atoms with Crippen LogP contribution in [0.1, 0.15) is 44.9 Å². The van der Waals surface area contributed by atoms with Gasteiger partial charge >= 0.3 is 0 Å². The van der Waals surface area contributed by atoms with Crippen LogP contribution in [0.2, 0.25) is 0 Å². The second kappa shape index (κ2) is 5.41. The van der Waals surface area contributed by atoms with Crippen LogP contribution in [0.3, 0.4) is 0 Å². The fourth-order valence-electron chi connectivity index (χ4n) is 2.34. The lowest BCUT2D eigenvalue weighted by Crippen LogP contribution is -2.50. The molecule has 2 nitrogen and oxygen atoms in total. The molecule has 1 aromatic rings. The van der Waals surface area contributed by atoms with Crippen LogP contribution in [-0.2, 0) is 11.2 Å². The average molecular weight is 247 g/mol. The first-order valence-corrected chi connectivity index (χ1v) is 6.92. The highest BCUT2D eigenvalue weighted by Gasteiger charge is 2.27. The number of nitrogens with one attached hydrogen (secondary N) is 1. The molecule has 0 saturated carbocycles. The Kier molecular flexibility index (Phi) is 4.08. The first kappa shape index (κ1) is 13.6. The lowest BCUT2D eigenvalue weighted by atomic mass is 9.98. The fourth-order valence-corrected chi connectivity index (χ4v) is 2.34. The first-order chi connectivity index (χ1) is 8.46. The van der Waals surface area contributed by atoms with Gasteiger partial charge in [-0.15, -0.1) is 0 Å². The second-order valence-electron chi connectivity index (χ2n) is 6.40. The Morgan fingerprint density at radius 3 is 2.44 bits per heavy atom. The van der Waals surface area contributed by atoms with Gasteiger partial charge in [-0.3, -0.25) is 0 Å². The van der Waals surface area contributed by atoms with Crippen molar-refractivity contribution in [1.29, 1.82) is 0 Å².